The number of hydrogen-bond acceptors (Lipinski definition) is 4. The van der Waals surface area contributed by atoms with E-state index >= 15 is 0 Å². The minimum absolute atomic E-state index is 0.134. The van der Waals surface area contributed by atoms with Crippen molar-refractivity contribution in [2.75, 3.05) is 19.8 Å². The van der Waals surface area contributed by atoms with Gasteiger partial charge in [-0.2, -0.15) is 13.2 Å². The maximum atomic E-state index is 12.6. The average molecular weight is 539 g/mol. The molecule has 0 bridgehead atoms. The molecule has 34 heavy (non-hydrogen) atoms. The Morgan fingerprint density at radius 1 is 1.00 bits per heavy atom. The van der Waals surface area contributed by atoms with Gasteiger partial charge in [-0.3, -0.25) is 0 Å². The highest BCUT2D eigenvalue weighted by Crippen LogP contribution is 2.33. The maximum Gasteiger partial charge on any atom is 0.416 e. The van der Waals surface area contributed by atoms with Crippen LogP contribution in [0, 0.1) is 6.92 Å². The zero-order chi connectivity index (χ0) is 25.1. The Morgan fingerprint density at radius 3 is 2.29 bits per heavy atom. The molecule has 0 atom stereocenters. The van der Waals surface area contributed by atoms with Gasteiger partial charge in [0.2, 0.25) is 0 Å². The lowest BCUT2D eigenvalue weighted by atomic mass is 10.1. The molecule has 0 amide bonds. The highest BCUT2D eigenvalue weighted by atomic mass is 35.5. The molecule has 0 aromatic heterocycles. The predicted octanol–water partition coefficient (Wildman–Crippen LogP) is 8.35. The maximum absolute atomic E-state index is 12.6. The third kappa shape index (κ3) is 9.65. The van der Waals surface area contributed by atoms with Crippen LogP contribution >= 0.6 is 34.8 Å². The fourth-order valence-corrected chi connectivity index (χ4v) is 3.32. The second kappa shape index (κ2) is 13.7. The van der Waals surface area contributed by atoms with Crippen molar-refractivity contribution in [3.8, 4) is 11.5 Å². The lowest BCUT2D eigenvalue weighted by Crippen LogP contribution is -2.05. The smallest absolute Gasteiger partial charge is 0.416 e. The Labute approximate surface area is 212 Å². The lowest BCUT2D eigenvalue weighted by molar-refractivity contribution is -0.137. The van der Waals surface area contributed by atoms with Gasteiger partial charge in [0, 0.05) is 6.07 Å². The largest absolute Gasteiger partial charge is 0.492 e. The van der Waals surface area contributed by atoms with E-state index in [9.17, 15) is 13.2 Å². The molecule has 0 fully saturated rings. The number of unbranched alkanes of at least 4 members (excludes halogenated alkanes) is 2. The summed E-state index contributed by atoms with van der Waals surface area (Å²) in [7, 11) is 0. The lowest BCUT2D eigenvalue weighted by Gasteiger charge is -2.13. The number of nitrogens with zero attached hydrogens (tertiary/aromatic N) is 1. The van der Waals surface area contributed by atoms with E-state index in [1.165, 1.54) is 18.2 Å². The molecular formula is C24H25Cl3F3NO3. The Kier molecular flexibility index (Phi) is 11.4. The van der Waals surface area contributed by atoms with Crippen LogP contribution in [0.4, 0.5) is 13.2 Å². The topological polar surface area (TPSA) is 40.0 Å². The number of ether oxygens (including phenoxy) is 2. The molecule has 186 valence electrons. The number of halogens is 6. The van der Waals surface area contributed by atoms with E-state index in [0.717, 1.165) is 37.0 Å². The average Bonchev–Trinajstić information content (AvgIpc) is 2.76. The van der Waals surface area contributed by atoms with E-state index in [-0.39, 0.29) is 11.1 Å². The SMILES string of the molecule is CC(=NOCCCCCOc1c(C)cc(OCC=C(Cl)Cl)cc1Cl)c1ccc(C(F)(F)F)cc1. The number of hydrogen-bond donors (Lipinski definition) is 0. The van der Waals surface area contributed by atoms with Gasteiger partial charge in [0.1, 0.15) is 29.2 Å². The second-order valence-corrected chi connectivity index (χ2v) is 8.77. The van der Waals surface area contributed by atoms with Crippen LogP contribution in [-0.2, 0) is 11.0 Å². The molecule has 0 radical (unpaired) electrons. The monoisotopic (exact) mass is 537 g/mol. The first-order valence-corrected chi connectivity index (χ1v) is 11.6. The summed E-state index contributed by atoms with van der Waals surface area (Å²) in [5.74, 6) is 1.19. The van der Waals surface area contributed by atoms with Crippen LogP contribution in [0.1, 0.15) is 42.9 Å². The molecule has 2 rings (SSSR count). The van der Waals surface area contributed by atoms with Gasteiger partial charge in [-0.1, -0.05) is 52.1 Å². The summed E-state index contributed by atoms with van der Waals surface area (Å²) in [6.07, 6.45) is -0.440. The normalized spacial score (nSPS) is 11.8. The first-order chi connectivity index (χ1) is 16.1. The van der Waals surface area contributed by atoms with Gasteiger partial charge in [0.05, 0.1) is 22.9 Å². The molecule has 0 unspecified atom stereocenters. The molecular weight excluding hydrogens is 514 g/mol. The van der Waals surface area contributed by atoms with Crippen molar-refractivity contribution in [2.45, 2.75) is 39.3 Å². The van der Waals surface area contributed by atoms with Gasteiger partial charge >= 0.3 is 6.18 Å². The van der Waals surface area contributed by atoms with Gasteiger partial charge < -0.3 is 14.3 Å². The van der Waals surface area contributed by atoms with E-state index in [1.54, 1.807) is 13.0 Å². The molecule has 4 nitrogen and oxygen atoms in total. The van der Waals surface area contributed by atoms with Crippen molar-refractivity contribution in [1.29, 1.82) is 0 Å². The molecule has 0 aliphatic carbocycles. The van der Waals surface area contributed by atoms with Crippen molar-refractivity contribution in [2.24, 2.45) is 5.16 Å². The molecule has 10 heteroatoms. The van der Waals surface area contributed by atoms with E-state index in [0.29, 0.717) is 41.0 Å². The Morgan fingerprint density at radius 2 is 1.68 bits per heavy atom. The minimum atomic E-state index is -4.36. The Bertz CT molecular complexity index is 966. The molecule has 0 spiro atoms. The summed E-state index contributed by atoms with van der Waals surface area (Å²) in [6, 6.07) is 8.30. The molecule has 0 saturated carbocycles. The first kappa shape index (κ1) is 28.1. The van der Waals surface area contributed by atoms with Gasteiger partial charge in [0.15, 0.2) is 0 Å². The molecule has 0 heterocycles. The first-order valence-electron chi connectivity index (χ1n) is 10.5. The number of rotatable bonds is 12. The van der Waals surface area contributed by atoms with Crippen LogP contribution in [0.25, 0.3) is 0 Å². The van der Waals surface area contributed by atoms with Crippen LogP contribution < -0.4 is 9.47 Å². The van der Waals surface area contributed by atoms with Crippen LogP contribution in [0.5, 0.6) is 11.5 Å². The van der Waals surface area contributed by atoms with Crippen LogP contribution in [-0.4, -0.2) is 25.5 Å². The van der Waals surface area contributed by atoms with Gasteiger partial charge in [-0.15, -0.1) is 0 Å². The second-order valence-electron chi connectivity index (χ2n) is 7.35. The zero-order valence-corrected chi connectivity index (χ0v) is 21.0. The van der Waals surface area contributed by atoms with Crippen molar-refractivity contribution >= 4 is 40.5 Å². The molecule has 0 aliphatic heterocycles. The molecule has 0 N–H and O–H groups in total. The van der Waals surface area contributed by atoms with Gasteiger partial charge in [0.25, 0.3) is 0 Å². The fourth-order valence-electron chi connectivity index (χ4n) is 2.88. The molecule has 0 saturated heterocycles. The summed E-state index contributed by atoms with van der Waals surface area (Å²) in [6.45, 7) is 4.67. The third-order valence-corrected chi connectivity index (χ3v) is 5.24. The standard InChI is InChI=1S/C24H25Cl3F3NO3/c1-16-14-20(32-13-10-22(26)27)15-21(25)23(16)33-11-4-3-5-12-34-31-17(2)18-6-8-19(9-7-18)24(28,29)30/h6-10,14-15H,3-5,11-13H2,1-2H3. The summed E-state index contributed by atoms with van der Waals surface area (Å²) in [5, 5.41) is 4.42. The van der Waals surface area contributed by atoms with E-state index < -0.39 is 11.7 Å². The van der Waals surface area contributed by atoms with E-state index in [4.69, 9.17) is 49.1 Å². The number of aryl methyl sites for hydroxylation is 1. The molecule has 2 aromatic carbocycles. The van der Waals surface area contributed by atoms with E-state index in [2.05, 4.69) is 5.16 Å². The van der Waals surface area contributed by atoms with Gasteiger partial charge in [-0.05, 0) is 68.5 Å². The molecule has 2 aromatic rings. The van der Waals surface area contributed by atoms with Crippen molar-refractivity contribution < 1.29 is 27.5 Å². The summed E-state index contributed by atoms with van der Waals surface area (Å²) in [4.78, 5) is 5.28. The fraction of sp³-hybridized carbons (Fsp3) is 0.375. The van der Waals surface area contributed by atoms with Crippen LogP contribution in [0.3, 0.4) is 0 Å². The number of benzene rings is 2. The predicted molar refractivity (Wildman–Crippen MR) is 130 cm³/mol. The third-order valence-electron chi connectivity index (χ3n) is 4.65. The Hall–Kier alpha value is -2.09. The van der Waals surface area contributed by atoms with Crippen molar-refractivity contribution in [3.05, 3.63) is 68.7 Å². The number of oxime groups is 1. The van der Waals surface area contributed by atoms with Crippen LogP contribution in [0.2, 0.25) is 5.02 Å². The minimum Gasteiger partial charge on any atom is -0.492 e. The van der Waals surface area contributed by atoms with Crippen molar-refractivity contribution in [3.63, 3.8) is 0 Å². The van der Waals surface area contributed by atoms with Crippen molar-refractivity contribution in [1.82, 2.24) is 0 Å². The number of alkyl halides is 3. The highest BCUT2D eigenvalue weighted by Gasteiger charge is 2.30. The zero-order valence-electron chi connectivity index (χ0n) is 18.7. The van der Waals surface area contributed by atoms with Gasteiger partial charge in [-0.25, -0.2) is 0 Å². The summed E-state index contributed by atoms with van der Waals surface area (Å²) < 4.78 is 49.3. The summed E-state index contributed by atoms with van der Waals surface area (Å²) >= 11 is 17.4. The van der Waals surface area contributed by atoms with Crippen LogP contribution in [0.15, 0.2) is 52.1 Å². The molecule has 0 aliphatic rings. The quantitative estimate of drug-likeness (QED) is 0.155. The summed E-state index contributed by atoms with van der Waals surface area (Å²) in [5.41, 5.74) is 1.23. The Balaban J connectivity index is 1.68. The van der Waals surface area contributed by atoms with E-state index in [1.807, 2.05) is 13.0 Å². The highest BCUT2D eigenvalue weighted by molar-refractivity contribution is 6.55.